The molecule has 1 N–H and O–H groups in total. The molecule has 0 aliphatic rings. The van der Waals surface area contributed by atoms with E-state index in [9.17, 15) is 4.79 Å². The highest BCUT2D eigenvalue weighted by molar-refractivity contribution is 5.76. The first kappa shape index (κ1) is 23.4. The number of nitrogens with zero attached hydrogens (tertiary/aromatic N) is 2. The lowest BCUT2D eigenvalue weighted by Crippen LogP contribution is -2.20. The second-order valence-corrected chi connectivity index (χ2v) is 7.72. The van der Waals surface area contributed by atoms with Crippen LogP contribution in [-0.2, 0) is 17.8 Å². The smallest absolute Gasteiger partial charge is 0.216 e. The highest BCUT2D eigenvalue weighted by Crippen LogP contribution is 2.29. The number of methoxy groups -OCH3 is 1. The average molecular weight is 436 g/mol. The molecule has 6 heteroatoms. The maximum atomic E-state index is 11.0. The Balaban J connectivity index is 1.63. The molecule has 1 amide bonds. The van der Waals surface area contributed by atoms with Gasteiger partial charge in [0.25, 0.3) is 0 Å². The normalized spacial score (nSPS) is 11.2. The molecule has 170 valence electrons. The van der Waals surface area contributed by atoms with Gasteiger partial charge in [-0.1, -0.05) is 36.8 Å². The van der Waals surface area contributed by atoms with Crippen LogP contribution in [-0.4, -0.2) is 35.7 Å². The topological polar surface area (TPSA) is 65.4 Å². The number of carbonyl (C=O) groups excluding carboxylic acids is 1. The van der Waals surface area contributed by atoms with Gasteiger partial charge < -0.3 is 19.4 Å². The van der Waals surface area contributed by atoms with Crippen LogP contribution >= 0.6 is 0 Å². The van der Waals surface area contributed by atoms with Crippen LogP contribution < -0.4 is 14.8 Å². The molecule has 0 saturated heterocycles. The van der Waals surface area contributed by atoms with Crippen molar-refractivity contribution in [2.75, 3.05) is 20.3 Å². The summed E-state index contributed by atoms with van der Waals surface area (Å²) in [7, 11) is 1.66. The van der Waals surface area contributed by atoms with Gasteiger partial charge in [-0.2, -0.15) is 0 Å². The number of aromatic nitrogens is 2. The molecule has 1 aromatic heterocycles. The van der Waals surface area contributed by atoms with Gasteiger partial charge >= 0.3 is 0 Å². The Hall–Kier alpha value is -3.28. The summed E-state index contributed by atoms with van der Waals surface area (Å²) in [4.78, 5) is 15.8. The number of ether oxygens (including phenoxy) is 2. The average Bonchev–Trinajstić information content (AvgIpc) is 3.14. The largest absolute Gasteiger partial charge is 0.493 e. The minimum Gasteiger partial charge on any atom is -0.493 e. The van der Waals surface area contributed by atoms with Crippen LogP contribution in [0, 0.1) is 0 Å². The number of hydrogen-bond acceptors (Lipinski definition) is 4. The van der Waals surface area contributed by atoms with Crippen LogP contribution in [0.15, 0.2) is 48.5 Å². The van der Waals surface area contributed by atoms with Gasteiger partial charge in [0.05, 0.1) is 24.7 Å². The van der Waals surface area contributed by atoms with Crippen molar-refractivity contribution in [1.29, 1.82) is 0 Å². The number of carbonyl (C=O) groups is 1. The fourth-order valence-corrected chi connectivity index (χ4v) is 3.76. The van der Waals surface area contributed by atoms with E-state index in [1.165, 1.54) is 0 Å². The van der Waals surface area contributed by atoms with Gasteiger partial charge in [0.15, 0.2) is 11.5 Å². The van der Waals surface area contributed by atoms with E-state index in [4.69, 9.17) is 14.5 Å². The van der Waals surface area contributed by atoms with Gasteiger partial charge in [-0.05, 0) is 49.6 Å². The van der Waals surface area contributed by atoms with Gasteiger partial charge in [0.2, 0.25) is 5.91 Å². The summed E-state index contributed by atoms with van der Waals surface area (Å²) < 4.78 is 13.8. The van der Waals surface area contributed by atoms with E-state index in [0.29, 0.717) is 13.2 Å². The van der Waals surface area contributed by atoms with E-state index in [0.717, 1.165) is 66.1 Å². The standard InChI is InChI=1S/C26H33N3O3/c1-4-10-21-14-15-24(25(19-21)31-3)32-18-17-29-23-12-8-7-11-22(23)28-26(29)13-6-5-9-16-27-20(2)30/h4,7-8,10-12,14-15,19H,5-6,9,13,16-18H2,1-3H3,(H,27,30)/b10-4+. The molecule has 0 radical (unpaired) electrons. The third-order valence-electron chi connectivity index (χ3n) is 5.30. The number of fused-ring (bicyclic) bond motifs is 1. The van der Waals surface area contributed by atoms with E-state index in [1.54, 1.807) is 14.0 Å². The van der Waals surface area contributed by atoms with Crippen molar-refractivity contribution in [1.82, 2.24) is 14.9 Å². The molecule has 3 rings (SSSR count). The fraction of sp³-hybridized carbons (Fsp3) is 0.385. The lowest BCUT2D eigenvalue weighted by molar-refractivity contribution is -0.118. The summed E-state index contributed by atoms with van der Waals surface area (Å²) in [5.41, 5.74) is 3.21. The molecular weight excluding hydrogens is 402 g/mol. The summed E-state index contributed by atoms with van der Waals surface area (Å²) in [5.74, 6) is 2.57. The van der Waals surface area contributed by atoms with Crippen molar-refractivity contribution in [3.05, 3.63) is 59.9 Å². The number of para-hydroxylation sites is 2. The van der Waals surface area contributed by atoms with Gasteiger partial charge in [-0.15, -0.1) is 0 Å². The summed E-state index contributed by atoms with van der Waals surface area (Å²) in [6.45, 7) is 5.51. The van der Waals surface area contributed by atoms with Crippen LogP contribution in [0.4, 0.5) is 0 Å². The molecule has 2 aromatic carbocycles. The number of unbranched alkanes of at least 4 members (excludes halogenated alkanes) is 2. The number of amides is 1. The summed E-state index contributed by atoms with van der Waals surface area (Å²) >= 11 is 0. The predicted molar refractivity (Wildman–Crippen MR) is 129 cm³/mol. The number of allylic oxidation sites excluding steroid dienone is 1. The third kappa shape index (κ3) is 6.36. The van der Waals surface area contributed by atoms with Crippen molar-refractivity contribution < 1.29 is 14.3 Å². The molecule has 6 nitrogen and oxygen atoms in total. The third-order valence-corrected chi connectivity index (χ3v) is 5.30. The van der Waals surface area contributed by atoms with E-state index in [1.807, 2.05) is 49.4 Å². The van der Waals surface area contributed by atoms with Crippen LogP contribution in [0.5, 0.6) is 11.5 Å². The molecule has 0 spiro atoms. The molecule has 0 bridgehead atoms. The molecule has 0 aliphatic carbocycles. The molecule has 0 unspecified atom stereocenters. The highest BCUT2D eigenvalue weighted by atomic mass is 16.5. The van der Waals surface area contributed by atoms with Crippen molar-refractivity contribution >= 4 is 23.0 Å². The first-order valence-corrected chi connectivity index (χ1v) is 11.2. The van der Waals surface area contributed by atoms with E-state index in [2.05, 4.69) is 22.0 Å². The van der Waals surface area contributed by atoms with Crippen LogP contribution in [0.25, 0.3) is 17.1 Å². The van der Waals surface area contributed by atoms with Crippen molar-refractivity contribution in [3.63, 3.8) is 0 Å². The Kier molecular flexibility index (Phi) is 8.72. The Bertz CT molecular complexity index is 1060. The Morgan fingerprint density at radius 1 is 1.12 bits per heavy atom. The molecule has 3 aromatic rings. The zero-order valence-corrected chi connectivity index (χ0v) is 19.3. The Morgan fingerprint density at radius 2 is 1.97 bits per heavy atom. The monoisotopic (exact) mass is 435 g/mol. The molecule has 32 heavy (non-hydrogen) atoms. The summed E-state index contributed by atoms with van der Waals surface area (Å²) in [5, 5.41) is 2.85. The number of nitrogens with one attached hydrogen (secondary N) is 1. The molecule has 0 atom stereocenters. The molecule has 0 saturated carbocycles. The van der Waals surface area contributed by atoms with Crippen molar-refractivity contribution in [3.8, 4) is 11.5 Å². The number of hydrogen-bond donors (Lipinski definition) is 1. The number of aryl methyl sites for hydroxylation is 1. The molecule has 0 fully saturated rings. The maximum absolute atomic E-state index is 11.0. The van der Waals surface area contributed by atoms with Crippen molar-refractivity contribution in [2.24, 2.45) is 0 Å². The fourth-order valence-electron chi connectivity index (χ4n) is 3.76. The predicted octanol–water partition coefficient (Wildman–Crippen LogP) is 5.01. The number of benzene rings is 2. The van der Waals surface area contributed by atoms with Crippen LogP contribution in [0.1, 0.15) is 44.5 Å². The molecular formula is C26H33N3O3. The van der Waals surface area contributed by atoms with Gasteiger partial charge in [-0.25, -0.2) is 4.98 Å². The first-order chi connectivity index (χ1) is 15.6. The minimum atomic E-state index is 0.0277. The van der Waals surface area contributed by atoms with Crippen LogP contribution in [0.2, 0.25) is 0 Å². The lowest BCUT2D eigenvalue weighted by atomic mass is 10.2. The summed E-state index contributed by atoms with van der Waals surface area (Å²) in [6, 6.07) is 14.2. The number of rotatable bonds is 12. The molecule has 1 heterocycles. The second kappa shape index (κ2) is 11.9. The highest BCUT2D eigenvalue weighted by Gasteiger charge is 2.11. The van der Waals surface area contributed by atoms with E-state index < -0.39 is 0 Å². The van der Waals surface area contributed by atoms with Crippen LogP contribution in [0.3, 0.4) is 0 Å². The maximum Gasteiger partial charge on any atom is 0.216 e. The SMILES string of the molecule is C/C=C/c1ccc(OCCn2c(CCCCCNC(C)=O)nc3ccccc32)c(OC)c1. The Morgan fingerprint density at radius 3 is 2.75 bits per heavy atom. The van der Waals surface area contributed by atoms with Crippen molar-refractivity contribution in [2.45, 2.75) is 46.1 Å². The quantitative estimate of drug-likeness (QED) is 0.406. The zero-order chi connectivity index (χ0) is 22.8. The Labute approximate surface area is 190 Å². The zero-order valence-electron chi connectivity index (χ0n) is 19.3. The number of imidazole rings is 1. The van der Waals surface area contributed by atoms with E-state index in [-0.39, 0.29) is 5.91 Å². The minimum absolute atomic E-state index is 0.0277. The lowest BCUT2D eigenvalue weighted by Gasteiger charge is -2.13. The van der Waals surface area contributed by atoms with Gasteiger partial charge in [0, 0.05) is 19.9 Å². The first-order valence-electron chi connectivity index (χ1n) is 11.2. The molecule has 0 aliphatic heterocycles. The van der Waals surface area contributed by atoms with Gasteiger partial charge in [0.1, 0.15) is 12.4 Å². The summed E-state index contributed by atoms with van der Waals surface area (Å²) in [6.07, 6.45) is 8.00. The van der Waals surface area contributed by atoms with E-state index >= 15 is 0 Å². The second-order valence-electron chi connectivity index (χ2n) is 7.72. The van der Waals surface area contributed by atoms with Gasteiger partial charge in [-0.3, -0.25) is 4.79 Å².